The predicted octanol–water partition coefficient (Wildman–Crippen LogP) is 2.02. The lowest BCUT2D eigenvalue weighted by atomic mass is 10.2. The lowest BCUT2D eigenvalue weighted by Gasteiger charge is -2.07. The standard InChI is InChI=1S/C10H14FNOS/c1-13-5-6-14-10-4-2-3-9(11)8(10)7-12/h2-4H,5-7,12H2,1H3. The molecule has 0 aliphatic carbocycles. The number of benzene rings is 1. The molecule has 0 spiro atoms. The van der Waals surface area contributed by atoms with Crippen molar-refractivity contribution in [3.8, 4) is 0 Å². The van der Waals surface area contributed by atoms with Gasteiger partial charge in [0.05, 0.1) is 6.61 Å². The van der Waals surface area contributed by atoms with Crippen molar-refractivity contribution in [2.75, 3.05) is 19.5 Å². The highest BCUT2D eigenvalue weighted by Gasteiger charge is 2.06. The number of ether oxygens (including phenoxy) is 1. The van der Waals surface area contributed by atoms with Crippen LogP contribution in [0.2, 0.25) is 0 Å². The van der Waals surface area contributed by atoms with Crippen LogP contribution in [0.4, 0.5) is 4.39 Å². The molecule has 0 radical (unpaired) electrons. The Balaban J connectivity index is 2.70. The average Bonchev–Trinajstić information content (AvgIpc) is 2.18. The number of hydrogen-bond acceptors (Lipinski definition) is 3. The van der Waals surface area contributed by atoms with Crippen molar-refractivity contribution in [3.63, 3.8) is 0 Å². The molecule has 0 bridgehead atoms. The molecule has 1 rings (SSSR count). The molecule has 0 saturated carbocycles. The maximum absolute atomic E-state index is 13.2. The molecule has 0 saturated heterocycles. The van der Waals surface area contributed by atoms with E-state index in [2.05, 4.69) is 0 Å². The zero-order chi connectivity index (χ0) is 10.4. The topological polar surface area (TPSA) is 35.2 Å². The molecule has 0 aromatic heterocycles. The number of halogens is 1. The van der Waals surface area contributed by atoms with E-state index in [9.17, 15) is 4.39 Å². The molecule has 2 nitrogen and oxygen atoms in total. The van der Waals surface area contributed by atoms with Crippen molar-refractivity contribution in [1.29, 1.82) is 0 Å². The molecule has 0 atom stereocenters. The number of hydrogen-bond donors (Lipinski definition) is 1. The molecule has 2 N–H and O–H groups in total. The summed E-state index contributed by atoms with van der Waals surface area (Å²) in [7, 11) is 1.65. The molecular weight excluding hydrogens is 201 g/mol. The molecule has 0 unspecified atom stereocenters. The second kappa shape index (κ2) is 6.01. The molecule has 0 aliphatic heterocycles. The van der Waals surface area contributed by atoms with Crippen LogP contribution in [0.25, 0.3) is 0 Å². The average molecular weight is 215 g/mol. The smallest absolute Gasteiger partial charge is 0.128 e. The van der Waals surface area contributed by atoms with E-state index in [1.165, 1.54) is 6.07 Å². The summed E-state index contributed by atoms with van der Waals surface area (Å²) in [4.78, 5) is 0.907. The Bertz CT molecular complexity index is 293. The summed E-state index contributed by atoms with van der Waals surface area (Å²) in [5.41, 5.74) is 6.06. The second-order valence-electron chi connectivity index (χ2n) is 2.76. The molecule has 78 valence electrons. The maximum Gasteiger partial charge on any atom is 0.128 e. The Morgan fingerprint density at radius 3 is 2.93 bits per heavy atom. The molecule has 4 heteroatoms. The molecule has 0 fully saturated rings. The molecule has 1 aromatic carbocycles. The largest absolute Gasteiger partial charge is 0.384 e. The van der Waals surface area contributed by atoms with Gasteiger partial charge in [0.2, 0.25) is 0 Å². The normalized spacial score (nSPS) is 10.5. The van der Waals surface area contributed by atoms with Gasteiger partial charge < -0.3 is 10.5 Å². The van der Waals surface area contributed by atoms with Crippen molar-refractivity contribution in [1.82, 2.24) is 0 Å². The van der Waals surface area contributed by atoms with Crippen LogP contribution in [-0.4, -0.2) is 19.5 Å². The van der Waals surface area contributed by atoms with Gasteiger partial charge in [-0.2, -0.15) is 0 Å². The molecular formula is C10H14FNOS. The van der Waals surface area contributed by atoms with E-state index in [1.54, 1.807) is 24.9 Å². The highest BCUT2D eigenvalue weighted by molar-refractivity contribution is 7.99. The molecule has 1 aromatic rings. The van der Waals surface area contributed by atoms with E-state index >= 15 is 0 Å². The fraction of sp³-hybridized carbons (Fsp3) is 0.400. The maximum atomic E-state index is 13.2. The fourth-order valence-electron chi connectivity index (χ4n) is 1.11. The Kier molecular flexibility index (Phi) is 4.93. The summed E-state index contributed by atoms with van der Waals surface area (Å²) >= 11 is 1.57. The van der Waals surface area contributed by atoms with Crippen LogP contribution < -0.4 is 5.73 Å². The van der Waals surface area contributed by atoms with E-state index in [-0.39, 0.29) is 12.4 Å². The fourth-order valence-corrected chi connectivity index (χ4v) is 2.11. The van der Waals surface area contributed by atoms with Crippen molar-refractivity contribution >= 4 is 11.8 Å². The van der Waals surface area contributed by atoms with Gasteiger partial charge in [0.15, 0.2) is 0 Å². The summed E-state index contributed by atoms with van der Waals surface area (Å²) in [5, 5.41) is 0. The summed E-state index contributed by atoms with van der Waals surface area (Å²) < 4.78 is 18.2. The van der Waals surface area contributed by atoms with Gasteiger partial charge in [-0.15, -0.1) is 11.8 Å². The summed E-state index contributed by atoms with van der Waals surface area (Å²) in [6.45, 7) is 0.896. The minimum Gasteiger partial charge on any atom is -0.384 e. The Hall–Kier alpha value is -0.580. The minimum atomic E-state index is -0.227. The highest BCUT2D eigenvalue weighted by atomic mass is 32.2. The lowest BCUT2D eigenvalue weighted by Crippen LogP contribution is -2.02. The Morgan fingerprint density at radius 2 is 2.29 bits per heavy atom. The van der Waals surface area contributed by atoms with Gasteiger partial charge in [0, 0.05) is 29.9 Å². The minimum absolute atomic E-state index is 0.227. The summed E-state index contributed by atoms with van der Waals surface area (Å²) in [6.07, 6.45) is 0. The monoisotopic (exact) mass is 215 g/mol. The van der Waals surface area contributed by atoms with E-state index < -0.39 is 0 Å². The van der Waals surface area contributed by atoms with Crippen molar-refractivity contribution in [3.05, 3.63) is 29.6 Å². The molecule has 14 heavy (non-hydrogen) atoms. The van der Waals surface area contributed by atoms with Crippen molar-refractivity contribution < 1.29 is 9.13 Å². The molecule has 0 aliphatic rings. The van der Waals surface area contributed by atoms with Gasteiger partial charge in [-0.25, -0.2) is 4.39 Å². The molecule has 0 amide bonds. The van der Waals surface area contributed by atoms with Crippen molar-refractivity contribution in [2.45, 2.75) is 11.4 Å². The number of thioether (sulfide) groups is 1. The summed E-state index contributed by atoms with van der Waals surface area (Å²) in [5.74, 6) is 0.586. The number of rotatable bonds is 5. The first kappa shape index (κ1) is 11.5. The number of nitrogens with two attached hydrogens (primary N) is 1. The second-order valence-corrected chi connectivity index (χ2v) is 3.90. The van der Waals surface area contributed by atoms with Crippen molar-refractivity contribution in [2.24, 2.45) is 5.73 Å². The van der Waals surface area contributed by atoms with Crippen LogP contribution in [-0.2, 0) is 11.3 Å². The van der Waals surface area contributed by atoms with Gasteiger partial charge in [-0.1, -0.05) is 6.07 Å². The van der Waals surface area contributed by atoms with Gasteiger partial charge in [-0.05, 0) is 12.1 Å². The van der Waals surface area contributed by atoms with Crippen LogP contribution in [0.3, 0.4) is 0 Å². The first-order valence-corrected chi connectivity index (χ1v) is 5.37. The zero-order valence-electron chi connectivity index (χ0n) is 8.13. The SMILES string of the molecule is COCCSc1cccc(F)c1CN. The van der Waals surface area contributed by atoms with Crippen LogP contribution in [0.15, 0.2) is 23.1 Å². The van der Waals surface area contributed by atoms with E-state index in [4.69, 9.17) is 10.5 Å². The third kappa shape index (κ3) is 2.97. The molecule has 0 heterocycles. The third-order valence-electron chi connectivity index (χ3n) is 1.83. The van der Waals surface area contributed by atoms with Gasteiger partial charge in [-0.3, -0.25) is 0 Å². The first-order valence-electron chi connectivity index (χ1n) is 4.38. The van der Waals surface area contributed by atoms with E-state index in [0.29, 0.717) is 12.2 Å². The predicted molar refractivity (Wildman–Crippen MR) is 56.9 cm³/mol. The van der Waals surface area contributed by atoms with Crippen LogP contribution in [0, 0.1) is 5.82 Å². The van der Waals surface area contributed by atoms with E-state index in [0.717, 1.165) is 10.6 Å². The lowest BCUT2D eigenvalue weighted by molar-refractivity contribution is 0.218. The first-order chi connectivity index (χ1) is 6.79. The van der Waals surface area contributed by atoms with Gasteiger partial charge in [0.1, 0.15) is 5.82 Å². The zero-order valence-corrected chi connectivity index (χ0v) is 8.94. The number of methoxy groups -OCH3 is 1. The van der Waals surface area contributed by atoms with Gasteiger partial charge in [0.25, 0.3) is 0 Å². The van der Waals surface area contributed by atoms with Crippen LogP contribution >= 0.6 is 11.8 Å². The highest BCUT2D eigenvalue weighted by Crippen LogP contribution is 2.24. The van der Waals surface area contributed by atoms with E-state index in [1.807, 2.05) is 6.07 Å². The summed E-state index contributed by atoms with van der Waals surface area (Å²) in [6, 6.07) is 5.01. The Labute approximate surface area is 87.6 Å². The van der Waals surface area contributed by atoms with Crippen LogP contribution in [0.5, 0.6) is 0 Å². The quantitative estimate of drug-likeness (QED) is 0.603. The third-order valence-corrected chi connectivity index (χ3v) is 2.89. The van der Waals surface area contributed by atoms with Gasteiger partial charge >= 0.3 is 0 Å². The van der Waals surface area contributed by atoms with Crippen LogP contribution in [0.1, 0.15) is 5.56 Å². The Morgan fingerprint density at radius 1 is 1.50 bits per heavy atom.